The van der Waals surface area contributed by atoms with E-state index in [9.17, 15) is 14.4 Å². The van der Waals surface area contributed by atoms with Crippen LogP contribution < -0.4 is 5.32 Å². The minimum absolute atomic E-state index is 0.141. The van der Waals surface area contributed by atoms with Gasteiger partial charge in [0.05, 0.1) is 18.4 Å². The molecule has 6 nitrogen and oxygen atoms in total. The van der Waals surface area contributed by atoms with Crippen LogP contribution in [-0.4, -0.2) is 35.8 Å². The summed E-state index contributed by atoms with van der Waals surface area (Å²) in [5.74, 6) is -0.770. The second-order valence-corrected chi connectivity index (χ2v) is 7.26. The third kappa shape index (κ3) is 3.91. The van der Waals surface area contributed by atoms with E-state index in [1.165, 1.54) is 7.11 Å². The van der Waals surface area contributed by atoms with Crippen molar-refractivity contribution < 1.29 is 19.1 Å². The molecular formula is C22H24N2O4. The Labute approximate surface area is 164 Å². The number of carbonyl (C=O) groups is 3. The molecular weight excluding hydrogens is 356 g/mol. The van der Waals surface area contributed by atoms with Gasteiger partial charge in [-0.15, -0.1) is 0 Å². The molecule has 1 atom stereocenters. The topological polar surface area (TPSA) is 75.7 Å². The van der Waals surface area contributed by atoms with E-state index in [2.05, 4.69) is 5.32 Å². The van der Waals surface area contributed by atoms with Crippen LogP contribution in [0.3, 0.4) is 0 Å². The summed E-state index contributed by atoms with van der Waals surface area (Å²) in [6.07, 6.45) is 0.520. The van der Waals surface area contributed by atoms with Crippen LogP contribution in [0.1, 0.15) is 46.5 Å². The Morgan fingerprint density at radius 3 is 2.46 bits per heavy atom. The van der Waals surface area contributed by atoms with Crippen LogP contribution >= 0.6 is 0 Å². The van der Waals surface area contributed by atoms with Gasteiger partial charge in [-0.1, -0.05) is 44.2 Å². The number of hydrogen-bond donors (Lipinski definition) is 1. The highest BCUT2D eigenvalue weighted by Gasteiger charge is 2.36. The zero-order valence-electron chi connectivity index (χ0n) is 16.3. The predicted octanol–water partition coefficient (Wildman–Crippen LogP) is 3.48. The molecule has 0 saturated heterocycles. The number of carbonyl (C=O) groups excluding carboxylic acids is 3. The van der Waals surface area contributed by atoms with E-state index >= 15 is 0 Å². The standard InChI is InChI=1S/C22H24N2O4/c1-14(2)12-19(24-13-15-8-4-5-9-16(15)21(24)26)20(25)23-18-11-7-6-10-17(18)22(27)28-3/h4-11,14,19H,12-13H2,1-3H3,(H,23,25)/t19-/m1/s1. The highest BCUT2D eigenvalue weighted by molar-refractivity contribution is 6.06. The molecule has 2 amide bonds. The van der Waals surface area contributed by atoms with Crippen LogP contribution in [0.15, 0.2) is 48.5 Å². The Morgan fingerprint density at radius 1 is 1.11 bits per heavy atom. The Bertz CT molecular complexity index is 907. The number of hydrogen-bond acceptors (Lipinski definition) is 4. The summed E-state index contributed by atoms with van der Waals surface area (Å²) >= 11 is 0. The van der Waals surface area contributed by atoms with Gasteiger partial charge in [0.15, 0.2) is 0 Å². The van der Waals surface area contributed by atoms with Gasteiger partial charge in [-0.05, 0) is 36.1 Å². The normalized spacial score (nSPS) is 14.0. The minimum atomic E-state index is -0.634. The van der Waals surface area contributed by atoms with E-state index in [1.807, 2.05) is 32.0 Å². The van der Waals surface area contributed by atoms with Gasteiger partial charge in [0.25, 0.3) is 5.91 Å². The molecule has 1 N–H and O–H groups in total. The number of nitrogens with one attached hydrogen (secondary N) is 1. The first-order valence-electron chi connectivity index (χ1n) is 9.29. The van der Waals surface area contributed by atoms with Gasteiger partial charge in [0, 0.05) is 12.1 Å². The molecule has 1 aliphatic heterocycles. The van der Waals surface area contributed by atoms with Gasteiger partial charge in [-0.3, -0.25) is 9.59 Å². The Kier molecular flexibility index (Phi) is 5.78. The average Bonchev–Trinajstić information content (AvgIpc) is 3.02. The van der Waals surface area contributed by atoms with E-state index in [-0.39, 0.29) is 23.3 Å². The number of benzene rings is 2. The highest BCUT2D eigenvalue weighted by Crippen LogP contribution is 2.28. The molecule has 0 radical (unpaired) electrons. The van der Waals surface area contributed by atoms with Crippen molar-refractivity contribution >= 4 is 23.5 Å². The van der Waals surface area contributed by atoms with Crippen molar-refractivity contribution in [3.05, 3.63) is 65.2 Å². The molecule has 0 bridgehead atoms. The minimum Gasteiger partial charge on any atom is -0.465 e. The molecule has 28 heavy (non-hydrogen) atoms. The van der Waals surface area contributed by atoms with E-state index in [4.69, 9.17) is 4.74 Å². The van der Waals surface area contributed by atoms with Crippen LogP contribution in [0.2, 0.25) is 0 Å². The molecule has 0 spiro atoms. The van der Waals surface area contributed by atoms with Crippen molar-refractivity contribution in [2.45, 2.75) is 32.9 Å². The molecule has 6 heteroatoms. The fourth-order valence-electron chi connectivity index (χ4n) is 3.45. The number of rotatable bonds is 6. The quantitative estimate of drug-likeness (QED) is 0.779. The number of ether oxygens (including phenoxy) is 1. The van der Waals surface area contributed by atoms with Crippen LogP contribution in [0.25, 0.3) is 0 Å². The van der Waals surface area contributed by atoms with Crippen LogP contribution in [0, 0.1) is 5.92 Å². The number of nitrogens with zero attached hydrogens (tertiary/aromatic N) is 1. The molecule has 0 aromatic heterocycles. The number of fused-ring (bicyclic) bond motifs is 1. The lowest BCUT2D eigenvalue weighted by Crippen LogP contribution is -2.45. The summed E-state index contributed by atoms with van der Waals surface area (Å²) in [6.45, 7) is 4.42. The van der Waals surface area contributed by atoms with Crippen molar-refractivity contribution in [2.24, 2.45) is 5.92 Å². The number of amides is 2. The smallest absolute Gasteiger partial charge is 0.339 e. The monoisotopic (exact) mass is 380 g/mol. The van der Waals surface area contributed by atoms with E-state index in [0.717, 1.165) is 5.56 Å². The summed E-state index contributed by atoms with van der Waals surface area (Å²) in [5.41, 5.74) is 2.21. The summed E-state index contributed by atoms with van der Waals surface area (Å²) < 4.78 is 4.79. The van der Waals surface area contributed by atoms with Crippen LogP contribution in [0.5, 0.6) is 0 Å². The van der Waals surface area contributed by atoms with Crippen molar-refractivity contribution in [3.8, 4) is 0 Å². The lowest BCUT2D eigenvalue weighted by Gasteiger charge is -2.28. The lowest BCUT2D eigenvalue weighted by molar-refractivity contribution is -0.121. The maximum atomic E-state index is 13.1. The fraction of sp³-hybridized carbons (Fsp3) is 0.318. The lowest BCUT2D eigenvalue weighted by atomic mass is 10.0. The number of anilines is 1. The zero-order valence-corrected chi connectivity index (χ0v) is 16.3. The Hall–Kier alpha value is -3.15. The van der Waals surface area contributed by atoms with Gasteiger partial charge < -0.3 is 15.0 Å². The first kappa shape index (κ1) is 19.6. The summed E-state index contributed by atoms with van der Waals surface area (Å²) in [6, 6.07) is 13.4. The van der Waals surface area contributed by atoms with Gasteiger partial charge in [0.1, 0.15) is 6.04 Å². The molecule has 0 aliphatic carbocycles. The van der Waals surface area contributed by atoms with Crippen LogP contribution in [0.4, 0.5) is 5.69 Å². The van der Waals surface area contributed by atoms with Crippen molar-refractivity contribution in [1.82, 2.24) is 4.90 Å². The molecule has 3 rings (SSSR count). The summed E-state index contributed by atoms with van der Waals surface area (Å²) in [4.78, 5) is 39.6. The molecule has 1 heterocycles. The molecule has 2 aromatic carbocycles. The molecule has 1 aliphatic rings. The predicted molar refractivity (Wildman–Crippen MR) is 106 cm³/mol. The molecule has 2 aromatic rings. The first-order valence-corrected chi connectivity index (χ1v) is 9.29. The van der Waals surface area contributed by atoms with Gasteiger partial charge in [0.2, 0.25) is 5.91 Å². The number of methoxy groups -OCH3 is 1. The maximum absolute atomic E-state index is 13.1. The Balaban J connectivity index is 1.87. The number of para-hydroxylation sites is 1. The van der Waals surface area contributed by atoms with E-state index in [1.54, 1.807) is 35.2 Å². The molecule has 146 valence electrons. The second-order valence-electron chi connectivity index (χ2n) is 7.26. The van der Waals surface area contributed by atoms with E-state index in [0.29, 0.717) is 24.2 Å². The first-order chi connectivity index (χ1) is 13.4. The molecule has 0 unspecified atom stereocenters. The van der Waals surface area contributed by atoms with Gasteiger partial charge in [-0.25, -0.2) is 4.79 Å². The molecule has 0 fully saturated rings. The zero-order chi connectivity index (χ0) is 20.3. The van der Waals surface area contributed by atoms with Gasteiger partial charge in [-0.2, -0.15) is 0 Å². The Morgan fingerprint density at radius 2 is 1.79 bits per heavy atom. The largest absolute Gasteiger partial charge is 0.465 e. The molecule has 0 saturated carbocycles. The average molecular weight is 380 g/mol. The number of esters is 1. The van der Waals surface area contributed by atoms with Crippen LogP contribution in [-0.2, 0) is 16.1 Å². The fourth-order valence-corrected chi connectivity index (χ4v) is 3.45. The second kappa shape index (κ2) is 8.25. The van der Waals surface area contributed by atoms with Crippen molar-refractivity contribution in [1.29, 1.82) is 0 Å². The highest BCUT2D eigenvalue weighted by atomic mass is 16.5. The van der Waals surface area contributed by atoms with Crippen molar-refractivity contribution in [2.75, 3.05) is 12.4 Å². The van der Waals surface area contributed by atoms with Crippen molar-refractivity contribution in [3.63, 3.8) is 0 Å². The third-order valence-corrected chi connectivity index (χ3v) is 4.81. The SMILES string of the molecule is COC(=O)c1ccccc1NC(=O)[C@@H](CC(C)C)N1Cc2ccccc2C1=O. The summed E-state index contributed by atoms with van der Waals surface area (Å²) in [5, 5.41) is 2.82. The third-order valence-electron chi connectivity index (χ3n) is 4.81. The van der Waals surface area contributed by atoms with Gasteiger partial charge >= 0.3 is 5.97 Å². The summed E-state index contributed by atoms with van der Waals surface area (Å²) in [7, 11) is 1.29. The maximum Gasteiger partial charge on any atom is 0.339 e. The van der Waals surface area contributed by atoms with E-state index < -0.39 is 12.0 Å².